The van der Waals surface area contributed by atoms with Crippen molar-refractivity contribution in [2.75, 3.05) is 5.73 Å². The zero-order valence-corrected chi connectivity index (χ0v) is 10.8. The van der Waals surface area contributed by atoms with E-state index >= 15 is 0 Å². The molecule has 2 N–H and O–H groups in total. The second kappa shape index (κ2) is 5.46. The van der Waals surface area contributed by atoms with Crippen LogP contribution in [0.3, 0.4) is 0 Å². The number of benzene rings is 2. The molecule has 0 saturated heterocycles. The van der Waals surface area contributed by atoms with Crippen LogP contribution in [0.1, 0.15) is 5.56 Å². The minimum atomic E-state index is -0.378. The summed E-state index contributed by atoms with van der Waals surface area (Å²) in [6.45, 7) is 0.201. The van der Waals surface area contributed by atoms with Crippen LogP contribution in [0, 0.1) is 5.82 Å². The van der Waals surface area contributed by atoms with Gasteiger partial charge in [0, 0.05) is 22.3 Å². The molecule has 0 amide bonds. The number of hydrogen-bond acceptors (Lipinski definition) is 2. The minimum Gasteiger partial charge on any atom is -0.487 e. The fourth-order valence-corrected chi connectivity index (χ4v) is 1.77. The third-order valence-corrected chi connectivity index (χ3v) is 2.93. The molecule has 0 bridgehead atoms. The van der Waals surface area contributed by atoms with Crippen molar-refractivity contribution in [3.63, 3.8) is 0 Å². The van der Waals surface area contributed by atoms with E-state index < -0.39 is 0 Å². The molecule has 0 aliphatic carbocycles. The van der Waals surface area contributed by atoms with Gasteiger partial charge in [0.1, 0.15) is 18.2 Å². The molecule has 2 aromatic rings. The molecular weight excluding hydrogens is 276 g/mol. The van der Waals surface area contributed by atoms with Crippen molar-refractivity contribution < 1.29 is 9.13 Å². The van der Waals surface area contributed by atoms with Crippen molar-refractivity contribution in [2.24, 2.45) is 0 Å². The smallest absolute Gasteiger partial charge is 0.139 e. The maximum absolute atomic E-state index is 12.9. The lowest BCUT2D eigenvalue weighted by Gasteiger charge is -2.10. The van der Waals surface area contributed by atoms with E-state index in [1.807, 2.05) is 0 Å². The summed E-state index contributed by atoms with van der Waals surface area (Å²) >= 11 is 11.8. The van der Waals surface area contributed by atoms with Crippen LogP contribution >= 0.6 is 23.2 Å². The molecule has 0 saturated carbocycles. The summed E-state index contributed by atoms with van der Waals surface area (Å²) < 4.78 is 18.4. The normalized spacial score (nSPS) is 10.4. The van der Waals surface area contributed by atoms with E-state index in [4.69, 9.17) is 33.7 Å². The highest BCUT2D eigenvalue weighted by molar-refractivity contribution is 6.34. The predicted octanol–water partition coefficient (Wildman–Crippen LogP) is 4.29. The molecule has 2 nitrogen and oxygen atoms in total. The molecule has 0 fully saturated rings. The van der Waals surface area contributed by atoms with Crippen molar-refractivity contribution >= 4 is 28.9 Å². The summed E-state index contributed by atoms with van der Waals surface area (Å²) in [4.78, 5) is 0. The lowest BCUT2D eigenvalue weighted by atomic mass is 10.2. The van der Waals surface area contributed by atoms with Crippen LogP contribution in [-0.4, -0.2) is 0 Å². The molecule has 94 valence electrons. The van der Waals surface area contributed by atoms with E-state index in [-0.39, 0.29) is 12.4 Å². The third-order valence-electron chi connectivity index (χ3n) is 2.38. The van der Waals surface area contributed by atoms with Gasteiger partial charge in [-0.1, -0.05) is 29.3 Å². The predicted molar refractivity (Wildman–Crippen MR) is 71.6 cm³/mol. The van der Waals surface area contributed by atoms with Gasteiger partial charge in [-0.2, -0.15) is 0 Å². The van der Waals surface area contributed by atoms with E-state index in [2.05, 4.69) is 0 Å². The van der Waals surface area contributed by atoms with Crippen molar-refractivity contribution in [1.29, 1.82) is 0 Å². The Bertz CT molecular complexity index is 575. The molecule has 0 heterocycles. The van der Waals surface area contributed by atoms with Gasteiger partial charge in [-0.25, -0.2) is 4.39 Å². The minimum absolute atomic E-state index is 0.201. The van der Waals surface area contributed by atoms with Crippen molar-refractivity contribution in [2.45, 2.75) is 6.61 Å². The highest BCUT2D eigenvalue weighted by atomic mass is 35.5. The van der Waals surface area contributed by atoms with Crippen LogP contribution in [0.5, 0.6) is 5.75 Å². The quantitative estimate of drug-likeness (QED) is 0.854. The van der Waals surface area contributed by atoms with Gasteiger partial charge in [0.25, 0.3) is 0 Å². The third kappa shape index (κ3) is 3.06. The Labute approximate surface area is 114 Å². The first-order valence-electron chi connectivity index (χ1n) is 5.18. The van der Waals surface area contributed by atoms with Crippen molar-refractivity contribution in [3.8, 4) is 5.75 Å². The number of ether oxygens (including phenoxy) is 1. The molecule has 0 aromatic heterocycles. The summed E-state index contributed by atoms with van der Waals surface area (Å²) in [5.74, 6) is 0.0879. The van der Waals surface area contributed by atoms with Crippen molar-refractivity contribution in [3.05, 3.63) is 57.8 Å². The van der Waals surface area contributed by atoms with Gasteiger partial charge in [-0.05, 0) is 24.3 Å². The maximum atomic E-state index is 12.9. The highest BCUT2D eigenvalue weighted by Crippen LogP contribution is 2.28. The van der Waals surface area contributed by atoms with E-state index in [0.29, 0.717) is 27.0 Å². The van der Waals surface area contributed by atoms with Crippen LogP contribution in [0.2, 0.25) is 10.0 Å². The average molecular weight is 286 g/mol. The summed E-state index contributed by atoms with van der Waals surface area (Å²) in [6.07, 6.45) is 0. The topological polar surface area (TPSA) is 35.2 Å². The second-order valence-corrected chi connectivity index (χ2v) is 4.55. The van der Waals surface area contributed by atoms with Crippen LogP contribution in [0.25, 0.3) is 0 Å². The molecule has 18 heavy (non-hydrogen) atoms. The standard InChI is InChI=1S/C13H10Cl2FNO/c14-9-2-4-11(15)13(5-9)18-7-8-1-3-10(16)6-12(8)17/h1-6H,7,17H2. The average Bonchev–Trinajstić information content (AvgIpc) is 2.32. The lowest BCUT2D eigenvalue weighted by Crippen LogP contribution is -2.01. The number of nitrogens with two attached hydrogens (primary N) is 1. The van der Waals surface area contributed by atoms with E-state index in [0.717, 1.165) is 0 Å². The maximum Gasteiger partial charge on any atom is 0.139 e. The summed E-state index contributed by atoms with van der Waals surface area (Å²) in [5, 5.41) is 0.988. The zero-order chi connectivity index (χ0) is 13.1. The lowest BCUT2D eigenvalue weighted by molar-refractivity contribution is 0.307. The summed E-state index contributed by atoms with van der Waals surface area (Å²) in [7, 11) is 0. The van der Waals surface area contributed by atoms with E-state index in [1.165, 1.54) is 12.1 Å². The molecule has 0 atom stereocenters. The fraction of sp³-hybridized carbons (Fsp3) is 0.0769. The molecule has 2 rings (SSSR count). The van der Waals surface area contributed by atoms with Gasteiger partial charge >= 0.3 is 0 Å². The number of nitrogen functional groups attached to an aromatic ring is 1. The monoisotopic (exact) mass is 285 g/mol. The second-order valence-electron chi connectivity index (χ2n) is 3.71. The highest BCUT2D eigenvalue weighted by Gasteiger charge is 2.05. The molecule has 5 heteroatoms. The Hall–Kier alpha value is -1.45. The summed E-state index contributed by atoms with van der Waals surface area (Å²) in [6, 6.07) is 9.08. The SMILES string of the molecule is Nc1cc(F)ccc1COc1cc(Cl)ccc1Cl. The molecule has 0 unspecified atom stereocenters. The Balaban J connectivity index is 2.13. The fourth-order valence-electron chi connectivity index (χ4n) is 1.44. The molecule has 0 spiro atoms. The first-order valence-corrected chi connectivity index (χ1v) is 5.93. The largest absolute Gasteiger partial charge is 0.487 e. The molecule has 0 aliphatic heterocycles. The molecular formula is C13H10Cl2FNO. The molecule has 2 aromatic carbocycles. The Morgan fingerprint density at radius 3 is 2.61 bits per heavy atom. The van der Waals surface area contributed by atoms with Gasteiger partial charge in [0.15, 0.2) is 0 Å². The van der Waals surface area contributed by atoms with Gasteiger partial charge in [0.2, 0.25) is 0 Å². The Morgan fingerprint density at radius 2 is 1.89 bits per heavy atom. The van der Waals surface area contributed by atoms with Crippen LogP contribution in [0.15, 0.2) is 36.4 Å². The molecule has 0 radical (unpaired) electrons. The molecule has 0 aliphatic rings. The van der Waals surface area contributed by atoms with Crippen LogP contribution < -0.4 is 10.5 Å². The number of rotatable bonds is 3. The summed E-state index contributed by atoms with van der Waals surface area (Å²) in [5.41, 5.74) is 6.70. The van der Waals surface area contributed by atoms with E-state index in [1.54, 1.807) is 24.3 Å². The van der Waals surface area contributed by atoms with Crippen LogP contribution in [0.4, 0.5) is 10.1 Å². The Kier molecular flexibility index (Phi) is 3.94. The van der Waals surface area contributed by atoms with Crippen LogP contribution in [-0.2, 0) is 6.61 Å². The zero-order valence-electron chi connectivity index (χ0n) is 9.29. The van der Waals surface area contributed by atoms with Gasteiger partial charge in [-0.3, -0.25) is 0 Å². The first kappa shape index (κ1) is 13.0. The van der Waals surface area contributed by atoms with E-state index in [9.17, 15) is 4.39 Å². The van der Waals surface area contributed by atoms with Gasteiger partial charge in [-0.15, -0.1) is 0 Å². The number of halogens is 3. The van der Waals surface area contributed by atoms with Crippen molar-refractivity contribution in [1.82, 2.24) is 0 Å². The van der Waals surface area contributed by atoms with Gasteiger partial charge in [0.05, 0.1) is 5.02 Å². The Morgan fingerprint density at radius 1 is 1.11 bits per heavy atom. The van der Waals surface area contributed by atoms with Gasteiger partial charge < -0.3 is 10.5 Å². The number of anilines is 1. The number of hydrogen-bond donors (Lipinski definition) is 1. The first-order chi connectivity index (χ1) is 8.56.